The van der Waals surface area contributed by atoms with E-state index in [0.717, 1.165) is 25.2 Å². The van der Waals surface area contributed by atoms with E-state index in [-0.39, 0.29) is 5.97 Å². The van der Waals surface area contributed by atoms with E-state index in [0.29, 0.717) is 13.0 Å². The van der Waals surface area contributed by atoms with Crippen molar-refractivity contribution in [3.05, 3.63) is 12.2 Å². The van der Waals surface area contributed by atoms with Crippen molar-refractivity contribution >= 4 is 5.97 Å². The van der Waals surface area contributed by atoms with Crippen LogP contribution in [0.25, 0.3) is 0 Å². The normalized spacial score (nSPS) is 11.7. The second-order valence-corrected chi connectivity index (χ2v) is 11.3. The molecular formula is C33H64O2. The summed E-state index contributed by atoms with van der Waals surface area (Å²) < 4.78 is 5.41. The third-order valence-corrected chi connectivity index (χ3v) is 7.08. The molecule has 0 aromatic rings. The summed E-state index contributed by atoms with van der Waals surface area (Å²) in [5, 5.41) is 0. The molecule has 0 unspecified atom stereocenters. The molecule has 0 spiro atoms. The van der Waals surface area contributed by atoms with Gasteiger partial charge in [0.2, 0.25) is 0 Å². The summed E-state index contributed by atoms with van der Waals surface area (Å²) in [7, 11) is 0. The van der Waals surface area contributed by atoms with Gasteiger partial charge in [-0.25, -0.2) is 0 Å². The van der Waals surface area contributed by atoms with Crippen molar-refractivity contribution in [2.75, 3.05) is 6.61 Å². The highest BCUT2D eigenvalue weighted by Crippen LogP contribution is 2.14. The first-order valence-electron chi connectivity index (χ1n) is 16.0. The van der Waals surface area contributed by atoms with Crippen LogP contribution < -0.4 is 0 Å². The first-order valence-corrected chi connectivity index (χ1v) is 16.0. The smallest absolute Gasteiger partial charge is 0.305 e. The van der Waals surface area contributed by atoms with Gasteiger partial charge in [-0.2, -0.15) is 0 Å². The SMILES string of the molecule is CCCCCCCC/C=C\CCCCCCCC(=O)OCCCCCCCCCCCCC(C)C. The predicted octanol–water partition coefficient (Wildman–Crippen LogP) is 11.5. The molecule has 2 heteroatoms. The molecular weight excluding hydrogens is 428 g/mol. The van der Waals surface area contributed by atoms with Gasteiger partial charge in [-0.15, -0.1) is 0 Å². The van der Waals surface area contributed by atoms with Gasteiger partial charge in [0.15, 0.2) is 0 Å². The number of ether oxygens (including phenoxy) is 1. The first-order chi connectivity index (χ1) is 17.2. The maximum Gasteiger partial charge on any atom is 0.305 e. The van der Waals surface area contributed by atoms with Crippen molar-refractivity contribution < 1.29 is 9.53 Å². The van der Waals surface area contributed by atoms with Crippen molar-refractivity contribution in [2.45, 2.75) is 181 Å². The van der Waals surface area contributed by atoms with Gasteiger partial charge < -0.3 is 4.74 Å². The maximum atomic E-state index is 11.9. The van der Waals surface area contributed by atoms with E-state index in [1.54, 1.807) is 0 Å². The van der Waals surface area contributed by atoms with Crippen molar-refractivity contribution in [1.82, 2.24) is 0 Å². The topological polar surface area (TPSA) is 26.3 Å². The van der Waals surface area contributed by atoms with Crippen LogP contribution in [0.1, 0.15) is 181 Å². The molecule has 0 aliphatic rings. The molecule has 35 heavy (non-hydrogen) atoms. The van der Waals surface area contributed by atoms with E-state index in [4.69, 9.17) is 4.74 Å². The minimum atomic E-state index is 0.0140. The Bertz CT molecular complexity index is 440. The molecule has 0 aromatic carbocycles. The zero-order chi connectivity index (χ0) is 25.7. The summed E-state index contributed by atoms with van der Waals surface area (Å²) in [6, 6.07) is 0. The lowest BCUT2D eigenvalue weighted by Gasteiger charge is -2.06. The van der Waals surface area contributed by atoms with Crippen LogP contribution in [0.15, 0.2) is 12.2 Å². The van der Waals surface area contributed by atoms with E-state index < -0.39 is 0 Å². The van der Waals surface area contributed by atoms with Crippen molar-refractivity contribution in [3.8, 4) is 0 Å². The number of carbonyl (C=O) groups is 1. The molecule has 0 N–H and O–H groups in total. The average Bonchev–Trinajstić information content (AvgIpc) is 2.84. The third kappa shape index (κ3) is 31.2. The van der Waals surface area contributed by atoms with Gasteiger partial charge in [0.1, 0.15) is 0 Å². The van der Waals surface area contributed by atoms with Crippen LogP contribution >= 0.6 is 0 Å². The van der Waals surface area contributed by atoms with Crippen LogP contribution in [-0.2, 0) is 9.53 Å². The molecule has 0 aliphatic heterocycles. The second kappa shape index (κ2) is 29.4. The molecule has 0 fully saturated rings. The monoisotopic (exact) mass is 492 g/mol. The van der Waals surface area contributed by atoms with E-state index in [2.05, 4.69) is 32.9 Å². The Kier molecular flexibility index (Phi) is 28.8. The fraction of sp³-hybridized carbons (Fsp3) is 0.909. The van der Waals surface area contributed by atoms with Crippen molar-refractivity contribution in [2.24, 2.45) is 5.92 Å². The van der Waals surface area contributed by atoms with E-state index in [1.807, 2.05) is 0 Å². The van der Waals surface area contributed by atoms with Crippen molar-refractivity contribution in [3.63, 3.8) is 0 Å². The van der Waals surface area contributed by atoms with E-state index in [1.165, 1.54) is 135 Å². The van der Waals surface area contributed by atoms with Crippen LogP contribution in [-0.4, -0.2) is 12.6 Å². The Morgan fingerprint density at radius 3 is 1.51 bits per heavy atom. The van der Waals surface area contributed by atoms with Gasteiger partial charge in [0.25, 0.3) is 0 Å². The van der Waals surface area contributed by atoms with E-state index >= 15 is 0 Å². The molecule has 2 nitrogen and oxygen atoms in total. The summed E-state index contributed by atoms with van der Waals surface area (Å²) in [6.07, 6.45) is 36.8. The molecule has 0 aromatic heterocycles. The van der Waals surface area contributed by atoms with Gasteiger partial charge in [0.05, 0.1) is 6.61 Å². The lowest BCUT2D eigenvalue weighted by molar-refractivity contribution is -0.143. The van der Waals surface area contributed by atoms with Gasteiger partial charge in [-0.1, -0.05) is 148 Å². The molecule has 0 rings (SSSR count). The number of carbonyl (C=O) groups excluding carboxylic acids is 1. The van der Waals surface area contributed by atoms with Crippen LogP contribution in [0.4, 0.5) is 0 Å². The van der Waals surface area contributed by atoms with Gasteiger partial charge in [-0.3, -0.25) is 4.79 Å². The van der Waals surface area contributed by atoms with Crippen molar-refractivity contribution in [1.29, 1.82) is 0 Å². The van der Waals surface area contributed by atoms with Gasteiger partial charge in [-0.05, 0) is 44.4 Å². The Labute approximate surface area is 221 Å². The molecule has 0 saturated carbocycles. The molecule has 0 radical (unpaired) electrons. The number of esters is 1. The summed E-state index contributed by atoms with van der Waals surface area (Å²) in [6.45, 7) is 7.54. The summed E-state index contributed by atoms with van der Waals surface area (Å²) in [4.78, 5) is 11.9. The predicted molar refractivity (Wildman–Crippen MR) is 156 cm³/mol. The Morgan fingerprint density at radius 2 is 1.00 bits per heavy atom. The van der Waals surface area contributed by atoms with Crippen LogP contribution in [0, 0.1) is 5.92 Å². The lowest BCUT2D eigenvalue weighted by atomic mass is 10.0. The van der Waals surface area contributed by atoms with Crippen LogP contribution in [0.5, 0.6) is 0 Å². The molecule has 0 heterocycles. The average molecular weight is 493 g/mol. The highest BCUT2D eigenvalue weighted by molar-refractivity contribution is 5.69. The summed E-state index contributed by atoms with van der Waals surface area (Å²) in [5.41, 5.74) is 0. The number of hydrogen-bond acceptors (Lipinski definition) is 2. The minimum absolute atomic E-state index is 0.0140. The van der Waals surface area contributed by atoms with Crippen LogP contribution in [0.2, 0.25) is 0 Å². The fourth-order valence-corrected chi connectivity index (χ4v) is 4.67. The summed E-state index contributed by atoms with van der Waals surface area (Å²) in [5.74, 6) is 0.876. The minimum Gasteiger partial charge on any atom is -0.466 e. The Morgan fingerprint density at radius 1 is 0.571 bits per heavy atom. The highest BCUT2D eigenvalue weighted by Gasteiger charge is 2.02. The molecule has 0 aliphatic carbocycles. The zero-order valence-corrected chi connectivity index (χ0v) is 24.4. The van der Waals surface area contributed by atoms with E-state index in [9.17, 15) is 4.79 Å². The van der Waals surface area contributed by atoms with Gasteiger partial charge >= 0.3 is 5.97 Å². The number of unbranched alkanes of at least 4 members (excludes halogenated alkanes) is 20. The largest absolute Gasteiger partial charge is 0.466 e. The standard InChI is InChI=1S/C33H64O2/c1-4-5-6-7-8-9-10-11-12-13-14-18-21-24-27-30-33(34)35-31-28-25-22-19-16-15-17-20-23-26-29-32(2)3/h11-12,32H,4-10,13-31H2,1-3H3/b12-11-. The molecule has 208 valence electrons. The number of allylic oxidation sites excluding steroid dienone is 2. The van der Waals surface area contributed by atoms with Crippen LogP contribution in [0.3, 0.4) is 0 Å². The highest BCUT2D eigenvalue weighted by atomic mass is 16.5. The lowest BCUT2D eigenvalue weighted by Crippen LogP contribution is -2.05. The fourth-order valence-electron chi connectivity index (χ4n) is 4.67. The summed E-state index contributed by atoms with van der Waals surface area (Å²) >= 11 is 0. The Hall–Kier alpha value is -0.790. The number of rotatable bonds is 28. The second-order valence-electron chi connectivity index (χ2n) is 11.3. The molecule has 0 amide bonds. The maximum absolute atomic E-state index is 11.9. The molecule has 0 saturated heterocycles. The molecule has 0 bridgehead atoms. The first kappa shape index (κ1) is 34.2. The molecule has 0 atom stereocenters. The quantitative estimate of drug-likeness (QED) is 0.0616. The number of hydrogen-bond donors (Lipinski definition) is 0. The third-order valence-electron chi connectivity index (χ3n) is 7.08. The Balaban J connectivity index is 3.20. The van der Waals surface area contributed by atoms with Gasteiger partial charge in [0, 0.05) is 6.42 Å². The zero-order valence-electron chi connectivity index (χ0n) is 24.4.